The van der Waals surface area contributed by atoms with Crippen molar-refractivity contribution < 1.29 is 19.1 Å². The minimum Gasteiger partial charge on any atom is -0.494 e. The first-order chi connectivity index (χ1) is 14.7. The van der Waals surface area contributed by atoms with E-state index in [9.17, 15) is 14.4 Å². The second kappa shape index (κ2) is 7.38. The molecule has 0 aromatic heterocycles. The van der Waals surface area contributed by atoms with E-state index in [0.29, 0.717) is 17.7 Å². The van der Waals surface area contributed by atoms with Crippen molar-refractivity contribution in [2.75, 3.05) is 11.5 Å². The van der Waals surface area contributed by atoms with Gasteiger partial charge >= 0.3 is 0 Å². The van der Waals surface area contributed by atoms with Gasteiger partial charge in [0.2, 0.25) is 0 Å². The van der Waals surface area contributed by atoms with Gasteiger partial charge in [0.1, 0.15) is 11.8 Å². The number of rotatable bonds is 4. The number of hydrogen-bond donors (Lipinski definition) is 0. The molecule has 0 N–H and O–H groups in total. The quantitative estimate of drug-likeness (QED) is 0.695. The highest BCUT2D eigenvalue weighted by Crippen LogP contribution is 2.41. The largest absolute Gasteiger partial charge is 0.494 e. The summed E-state index contributed by atoms with van der Waals surface area (Å²) in [7, 11) is 0. The average molecular weight is 418 g/mol. The van der Waals surface area contributed by atoms with Crippen LogP contribution < -0.4 is 9.64 Å². The van der Waals surface area contributed by atoms with Crippen LogP contribution in [0.25, 0.3) is 5.57 Å². The van der Waals surface area contributed by atoms with E-state index in [1.165, 1.54) is 0 Å². The third-order valence-electron chi connectivity index (χ3n) is 5.88. The Hall–Kier alpha value is -3.41. The number of benzene rings is 2. The van der Waals surface area contributed by atoms with Gasteiger partial charge in [-0.15, -0.1) is 0 Å². The molecule has 6 nitrogen and oxygen atoms in total. The average Bonchev–Trinajstić information content (AvgIpc) is 2.98. The number of fused-ring (bicyclic) bond motifs is 2. The minimum absolute atomic E-state index is 0.311. The van der Waals surface area contributed by atoms with Crippen molar-refractivity contribution in [3.8, 4) is 5.75 Å². The Morgan fingerprint density at radius 2 is 1.65 bits per heavy atom. The van der Waals surface area contributed by atoms with Gasteiger partial charge in [-0.05, 0) is 70.5 Å². The predicted octanol–water partition coefficient (Wildman–Crippen LogP) is 4.30. The van der Waals surface area contributed by atoms with E-state index in [1.807, 2.05) is 52.0 Å². The van der Waals surface area contributed by atoms with E-state index in [-0.39, 0.29) is 5.91 Å². The normalized spacial score (nSPS) is 17.8. The number of carbonyl (C=O) groups excluding carboxylic acids is 3. The monoisotopic (exact) mass is 418 g/mol. The zero-order chi connectivity index (χ0) is 22.5. The topological polar surface area (TPSA) is 66.9 Å². The van der Waals surface area contributed by atoms with Crippen LogP contribution in [0.4, 0.5) is 5.69 Å². The number of anilines is 1. The summed E-state index contributed by atoms with van der Waals surface area (Å²) in [6.45, 7) is 9.98. The van der Waals surface area contributed by atoms with E-state index < -0.39 is 23.4 Å². The lowest BCUT2D eigenvalue weighted by molar-refractivity contribution is -0.122. The first-order valence-corrected chi connectivity index (χ1v) is 10.4. The molecule has 2 heterocycles. The summed E-state index contributed by atoms with van der Waals surface area (Å²) in [6, 6.07) is 11.4. The number of hydrogen-bond acceptors (Lipinski definition) is 4. The number of carbonyl (C=O) groups is 3. The summed E-state index contributed by atoms with van der Waals surface area (Å²) < 4.78 is 5.63. The molecule has 31 heavy (non-hydrogen) atoms. The van der Waals surface area contributed by atoms with Crippen molar-refractivity contribution in [3.05, 3.63) is 65.2 Å². The van der Waals surface area contributed by atoms with Crippen LogP contribution in [0.5, 0.6) is 5.75 Å². The van der Waals surface area contributed by atoms with Crippen LogP contribution in [-0.2, 0) is 4.79 Å². The zero-order valence-corrected chi connectivity index (χ0v) is 18.4. The molecule has 2 aliphatic rings. The van der Waals surface area contributed by atoms with E-state index >= 15 is 0 Å². The molecule has 2 aromatic rings. The maximum atomic E-state index is 13.7. The standard InChI is InChI=1S/C25H26N2O4/c1-6-31-17-11-12-21-20(13-17)15(2)14-25(4,5)27(21)22(28)16(3)26-23(29)18-9-7-8-10-19(18)24(26)30/h7-14,16H,6H2,1-5H3. The van der Waals surface area contributed by atoms with E-state index in [1.54, 1.807) is 36.1 Å². The Morgan fingerprint density at radius 3 is 2.23 bits per heavy atom. The summed E-state index contributed by atoms with van der Waals surface area (Å²) >= 11 is 0. The molecule has 0 saturated carbocycles. The Kier molecular flexibility index (Phi) is 4.96. The van der Waals surface area contributed by atoms with Gasteiger partial charge in [-0.1, -0.05) is 18.2 Å². The highest BCUT2D eigenvalue weighted by atomic mass is 16.5. The fraction of sp³-hybridized carbons (Fsp3) is 0.320. The molecule has 0 spiro atoms. The van der Waals surface area contributed by atoms with E-state index in [2.05, 4.69) is 0 Å². The smallest absolute Gasteiger partial charge is 0.262 e. The summed E-state index contributed by atoms with van der Waals surface area (Å²) in [5.41, 5.74) is 2.72. The third-order valence-corrected chi connectivity index (χ3v) is 5.88. The molecule has 3 amide bonds. The van der Waals surface area contributed by atoms with Crippen molar-refractivity contribution >= 4 is 29.0 Å². The van der Waals surface area contributed by atoms with Crippen molar-refractivity contribution in [2.45, 2.75) is 46.2 Å². The number of allylic oxidation sites excluding steroid dienone is 1. The van der Waals surface area contributed by atoms with Gasteiger partial charge in [0.05, 0.1) is 29.0 Å². The van der Waals surface area contributed by atoms with Gasteiger partial charge in [-0.25, -0.2) is 0 Å². The maximum absolute atomic E-state index is 13.7. The van der Waals surface area contributed by atoms with E-state index in [0.717, 1.165) is 27.5 Å². The van der Waals surface area contributed by atoms with Gasteiger partial charge in [0.15, 0.2) is 0 Å². The summed E-state index contributed by atoms with van der Waals surface area (Å²) in [5, 5.41) is 0. The fourth-order valence-electron chi connectivity index (χ4n) is 4.52. The van der Waals surface area contributed by atoms with Crippen LogP contribution in [0.1, 0.15) is 60.9 Å². The molecule has 0 radical (unpaired) electrons. The van der Waals surface area contributed by atoms with Crippen LogP contribution in [0.2, 0.25) is 0 Å². The molecule has 6 heteroatoms. The Labute approximate surface area is 182 Å². The lowest BCUT2D eigenvalue weighted by atomic mass is 9.88. The second-order valence-corrected chi connectivity index (χ2v) is 8.47. The molecule has 0 saturated heterocycles. The first kappa shape index (κ1) is 20.8. The van der Waals surface area contributed by atoms with Crippen LogP contribution in [0.15, 0.2) is 48.5 Å². The lowest BCUT2D eigenvalue weighted by Gasteiger charge is -2.43. The van der Waals surface area contributed by atoms with Gasteiger partial charge in [0.25, 0.3) is 17.7 Å². The molecular weight excluding hydrogens is 392 g/mol. The van der Waals surface area contributed by atoms with Gasteiger partial charge in [-0.2, -0.15) is 0 Å². The Bertz CT molecular complexity index is 1100. The molecule has 0 bridgehead atoms. The molecular formula is C25H26N2O4. The van der Waals surface area contributed by atoms with E-state index in [4.69, 9.17) is 4.74 Å². The number of imide groups is 1. The SMILES string of the molecule is CCOc1ccc2c(c1)C(C)=CC(C)(C)N2C(=O)C(C)N1C(=O)c2ccccc2C1=O. The summed E-state index contributed by atoms with van der Waals surface area (Å²) in [5.74, 6) is -0.451. The lowest BCUT2D eigenvalue weighted by Crippen LogP contribution is -2.56. The summed E-state index contributed by atoms with van der Waals surface area (Å²) in [6.07, 6.45) is 2.03. The molecule has 0 aliphatic carbocycles. The van der Waals surface area contributed by atoms with Crippen molar-refractivity contribution in [1.82, 2.24) is 4.90 Å². The van der Waals surface area contributed by atoms with Gasteiger partial charge < -0.3 is 9.64 Å². The molecule has 0 fully saturated rings. The van der Waals surface area contributed by atoms with Crippen LogP contribution >= 0.6 is 0 Å². The second-order valence-electron chi connectivity index (χ2n) is 8.47. The summed E-state index contributed by atoms with van der Waals surface area (Å²) in [4.78, 5) is 42.3. The highest BCUT2D eigenvalue weighted by Gasteiger charge is 2.45. The maximum Gasteiger partial charge on any atom is 0.262 e. The van der Waals surface area contributed by atoms with Crippen molar-refractivity contribution in [2.24, 2.45) is 0 Å². The van der Waals surface area contributed by atoms with Gasteiger partial charge in [0, 0.05) is 5.56 Å². The molecule has 1 atom stereocenters. The van der Waals surface area contributed by atoms with Crippen molar-refractivity contribution in [1.29, 1.82) is 0 Å². The predicted molar refractivity (Wildman–Crippen MR) is 119 cm³/mol. The first-order valence-electron chi connectivity index (χ1n) is 10.4. The minimum atomic E-state index is -0.946. The molecule has 2 aliphatic heterocycles. The molecule has 1 unspecified atom stereocenters. The zero-order valence-electron chi connectivity index (χ0n) is 18.4. The molecule has 2 aromatic carbocycles. The Morgan fingerprint density at radius 1 is 1.03 bits per heavy atom. The third kappa shape index (κ3) is 3.23. The fourth-order valence-corrected chi connectivity index (χ4v) is 4.52. The van der Waals surface area contributed by atoms with Crippen LogP contribution in [0.3, 0.4) is 0 Å². The number of nitrogens with zero attached hydrogens (tertiary/aromatic N) is 2. The molecule has 160 valence electrons. The number of amides is 3. The van der Waals surface area contributed by atoms with Crippen LogP contribution in [0, 0.1) is 0 Å². The van der Waals surface area contributed by atoms with Crippen LogP contribution in [-0.4, -0.2) is 40.8 Å². The van der Waals surface area contributed by atoms with Crippen molar-refractivity contribution in [3.63, 3.8) is 0 Å². The number of ether oxygens (including phenoxy) is 1. The van der Waals surface area contributed by atoms with Gasteiger partial charge in [-0.3, -0.25) is 19.3 Å². The Balaban J connectivity index is 1.73. The highest BCUT2D eigenvalue weighted by molar-refractivity contribution is 6.23. The molecule has 4 rings (SSSR count).